The van der Waals surface area contributed by atoms with Gasteiger partial charge in [-0.3, -0.25) is 4.79 Å². The van der Waals surface area contributed by atoms with Gasteiger partial charge in [0.05, 0.1) is 12.7 Å². The lowest BCUT2D eigenvalue weighted by Gasteiger charge is -2.37. The molecule has 0 aromatic carbocycles. The summed E-state index contributed by atoms with van der Waals surface area (Å²) in [7, 11) is 0. The molecule has 0 bridgehead atoms. The summed E-state index contributed by atoms with van der Waals surface area (Å²) in [4.78, 5) is 15.0. The van der Waals surface area contributed by atoms with E-state index < -0.39 is 0 Å². The van der Waals surface area contributed by atoms with E-state index >= 15 is 0 Å². The van der Waals surface area contributed by atoms with Crippen molar-refractivity contribution in [2.75, 3.05) is 26.2 Å². The Bertz CT molecular complexity index is 359. The summed E-state index contributed by atoms with van der Waals surface area (Å²) in [5.74, 6) is 0.113. The second-order valence-corrected chi connectivity index (χ2v) is 6.76. The molecule has 1 saturated carbocycles. The van der Waals surface area contributed by atoms with Crippen molar-refractivity contribution >= 4 is 30.7 Å². The van der Waals surface area contributed by atoms with Crippen molar-refractivity contribution in [1.82, 2.24) is 15.5 Å². The molecule has 2 heterocycles. The van der Waals surface area contributed by atoms with Crippen LogP contribution in [0.4, 0.5) is 0 Å². The van der Waals surface area contributed by atoms with Crippen molar-refractivity contribution in [3.63, 3.8) is 0 Å². The zero-order chi connectivity index (χ0) is 14.7. The largest absolute Gasteiger partial charge is 0.375 e. The van der Waals surface area contributed by atoms with Gasteiger partial charge in [-0.1, -0.05) is 12.8 Å². The smallest absolute Gasteiger partial charge is 0.240 e. The van der Waals surface area contributed by atoms with Gasteiger partial charge in [-0.25, -0.2) is 0 Å². The Labute approximate surface area is 152 Å². The number of likely N-dealkylation sites (tertiary alicyclic amines) is 1. The van der Waals surface area contributed by atoms with Gasteiger partial charge in [0, 0.05) is 31.7 Å². The Balaban J connectivity index is 0.00000132. The van der Waals surface area contributed by atoms with Gasteiger partial charge in [0.1, 0.15) is 6.04 Å². The van der Waals surface area contributed by atoms with Crippen LogP contribution in [0, 0.1) is 0 Å². The number of halogens is 2. The number of morpholine rings is 1. The van der Waals surface area contributed by atoms with E-state index in [4.69, 9.17) is 4.74 Å². The third-order valence-corrected chi connectivity index (χ3v) is 5.32. The topological polar surface area (TPSA) is 53.6 Å². The third-order valence-electron chi connectivity index (χ3n) is 5.32. The molecular weight excluding hydrogens is 337 g/mol. The third kappa shape index (κ3) is 5.46. The highest BCUT2D eigenvalue weighted by Crippen LogP contribution is 2.26. The zero-order valence-electron chi connectivity index (χ0n) is 14.0. The normalized spacial score (nSPS) is 30.3. The molecule has 0 aromatic heterocycles. The van der Waals surface area contributed by atoms with Gasteiger partial charge in [0.15, 0.2) is 0 Å². The average Bonchev–Trinajstić information content (AvgIpc) is 3.02. The Morgan fingerprint density at radius 2 is 1.78 bits per heavy atom. The first kappa shape index (κ1) is 21.0. The fourth-order valence-corrected chi connectivity index (χ4v) is 4.00. The van der Waals surface area contributed by atoms with Gasteiger partial charge >= 0.3 is 0 Å². The zero-order valence-corrected chi connectivity index (χ0v) is 15.6. The lowest BCUT2D eigenvalue weighted by atomic mass is 10.0. The van der Waals surface area contributed by atoms with E-state index in [1.165, 1.54) is 25.7 Å². The van der Waals surface area contributed by atoms with E-state index in [2.05, 4.69) is 15.5 Å². The van der Waals surface area contributed by atoms with Crippen LogP contribution >= 0.6 is 24.8 Å². The highest BCUT2D eigenvalue weighted by atomic mass is 35.5. The number of amides is 1. The first-order valence-electron chi connectivity index (χ1n) is 8.63. The number of rotatable bonds is 3. The maximum Gasteiger partial charge on any atom is 0.240 e. The number of ether oxygens (including phenoxy) is 1. The first-order chi connectivity index (χ1) is 10.2. The lowest BCUT2D eigenvalue weighted by Crippen LogP contribution is -2.58. The second-order valence-electron chi connectivity index (χ2n) is 6.76. The molecule has 2 saturated heterocycles. The van der Waals surface area contributed by atoms with Crippen LogP contribution in [0.25, 0.3) is 0 Å². The second kappa shape index (κ2) is 10.0. The van der Waals surface area contributed by atoms with E-state index in [0.29, 0.717) is 12.6 Å². The van der Waals surface area contributed by atoms with Crippen LogP contribution in [-0.4, -0.2) is 61.3 Å². The van der Waals surface area contributed by atoms with Crippen LogP contribution in [0.15, 0.2) is 0 Å². The maximum absolute atomic E-state index is 12.3. The average molecular weight is 368 g/mol. The Morgan fingerprint density at radius 1 is 1.13 bits per heavy atom. The Morgan fingerprint density at radius 3 is 2.39 bits per heavy atom. The molecule has 2 N–H and O–H groups in total. The predicted molar refractivity (Wildman–Crippen MR) is 96.7 cm³/mol. The van der Waals surface area contributed by atoms with Crippen LogP contribution in [0.3, 0.4) is 0 Å². The van der Waals surface area contributed by atoms with E-state index in [1.807, 2.05) is 6.92 Å². The summed E-state index contributed by atoms with van der Waals surface area (Å²) in [6, 6.07) is 0.966. The van der Waals surface area contributed by atoms with Crippen molar-refractivity contribution in [1.29, 1.82) is 0 Å². The number of nitrogens with zero attached hydrogens (tertiary/aromatic N) is 1. The summed E-state index contributed by atoms with van der Waals surface area (Å²) >= 11 is 0. The monoisotopic (exact) mass is 367 g/mol. The Hall–Kier alpha value is -0.0700. The number of hydrogen-bond donors (Lipinski definition) is 2. The van der Waals surface area contributed by atoms with Crippen molar-refractivity contribution in [3.8, 4) is 0 Å². The molecule has 3 rings (SSSR count). The molecule has 5 nitrogen and oxygen atoms in total. The lowest BCUT2D eigenvalue weighted by molar-refractivity contribution is -0.130. The predicted octanol–water partition coefficient (Wildman–Crippen LogP) is 1.73. The van der Waals surface area contributed by atoms with Crippen LogP contribution in [0.2, 0.25) is 0 Å². The SMILES string of the molecule is C[C@H]1OCCN[C@@H]1C(=O)NC1CCN(C2CCCC2)CC1.Cl.Cl. The summed E-state index contributed by atoms with van der Waals surface area (Å²) in [6.07, 6.45) is 7.68. The van der Waals surface area contributed by atoms with Gasteiger partial charge in [-0.2, -0.15) is 0 Å². The van der Waals surface area contributed by atoms with Crippen LogP contribution in [0.5, 0.6) is 0 Å². The molecule has 0 aromatic rings. The molecule has 2 atom stereocenters. The van der Waals surface area contributed by atoms with Crippen molar-refractivity contribution in [3.05, 3.63) is 0 Å². The van der Waals surface area contributed by atoms with Gasteiger partial charge < -0.3 is 20.3 Å². The van der Waals surface area contributed by atoms with Crippen LogP contribution < -0.4 is 10.6 Å². The van der Waals surface area contributed by atoms with E-state index in [0.717, 1.165) is 38.5 Å². The van der Waals surface area contributed by atoms with Crippen LogP contribution in [0.1, 0.15) is 45.4 Å². The maximum atomic E-state index is 12.3. The molecule has 3 aliphatic rings. The molecule has 7 heteroatoms. The van der Waals surface area contributed by atoms with Crippen LogP contribution in [-0.2, 0) is 9.53 Å². The molecule has 23 heavy (non-hydrogen) atoms. The van der Waals surface area contributed by atoms with Gasteiger partial charge in [-0.05, 0) is 32.6 Å². The van der Waals surface area contributed by atoms with E-state index in [1.54, 1.807) is 0 Å². The molecule has 2 aliphatic heterocycles. The summed E-state index contributed by atoms with van der Waals surface area (Å²) < 4.78 is 5.55. The van der Waals surface area contributed by atoms with Crippen molar-refractivity contribution < 1.29 is 9.53 Å². The highest BCUT2D eigenvalue weighted by molar-refractivity contribution is 5.85. The van der Waals surface area contributed by atoms with E-state index in [9.17, 15) is 4.79 Å². The fourth-order valence-electron chi connectivity index (χ4n) is 4.00. The Kier molecular flexibility index (Phi) is 9.16. The minimum atomic E-state index is -0.188. The van der Waals surface area contributed by atoms with Crippen molar-refractivity contribution in [2.45, 2.75) is 69.7 Å². The summed E-state index contributed by atoms with van der Waals surface area (Å²) in [6.45, 7) is 5.71. The quantitative estimate of drug-likeness (QED) is 0.797. The minimum absolute atomic E-state index is 0. The molecule has 3 fully saturated rings. The van der Waals surface area contributed by atoms with Gasteiger partial charge in [0.25, 0.3) is 0 Å². The van der Waals surface area contributed by atoms with Gasteiger partial charge in [0.2, 0.25) is 5.91 Å². The molecule has 0 radical (unpaired) electrons. The fraction of sp³-hybridized carbons (Fsp3) is 0.938. The minimum Gasteiger partial charge on any atom is -0.375 e. The molecule has 1 amide bonds. The van der Waals surface area contributed by atoms with E-state index in [-0.39, 0.29) is 42.9 Å². The number of nitrogens with one attached hydrogen (secondary N) is 2. The number of carbonyl (C=O) groups excluding carboxylic acids is 1. The van der Waals surface area contributed by atoms with Crippen molar-refractivity contribution in [2.24, 2.45) is 0 Å². The first-order valence-corrected chi connectivity index (χ1v) is 8.63. The number of hydrogen-bond acceptors (Lipinski definition) is 4. The molecular formula is C16H31Cl2N3O2. The molecule has 136 valence electrons. The summed E-state index contributed by atoms with van der Waals surface area (Å²) in [5, 5.41) is 6.49. The van der Waals surface area contributed by atoms with Gasteiger partial charge in [-0.15, -0.1) is 24.8 Å². The number of carbonyl (C=O) groups is 1. The summed E-state index contributed by atoms with van der Waals surface area (Å²) in [5.41, 5.74) is 0. The standard InChI is InChI=1S/C16H29N3O2.2ClH/c1-12-15(17-8-11-21-12)16(20)18-13-6-9-19(10-7-13)14-4-2-3-5-14;;/h12-15,17H,2-11H2,1H3,(H,18,20);2*1H/t12-,15+;;/m1../s1. The molecule has 1 aliphatic carbocycles. The molecule has 0 spiro atoms. The highest BCUT2D eigenvalue weighted by Gasteiger charge is 2.32. The number of piperidine rings is 1. The molecule has 0 unspecified atom stereocenters.